The number of rotatable bonds is 5. The van der Waals surface area contributed by atoms with Crippen LogP contribution in [0.25, 0.3) is 0 Å². The van der Waals surface area contributed by atoms with Gasteiger partial charge >= 0.3 is 0 Å². The molecule has 1 aromatic heterocycles. The minimum atomic E-state index is -3.73. The molecule has 7 nitrogen and oxygen atoms in total. The fourth-order valence-electron chi connectivity index (χ4n) is 2.33. The van der Waals surface area contributed by atoms with Crippen LogP contribution < -0.4 is 14.8 Å². The number of nitrogens with zero attached hydrogens (tertiary/aromatic N) is 2. The van der Waals surface area contributed by atoms with E-state index in [1.807, 2.05) is 35.2 Å². The maximum absolute atomic E-state index is 11.4. The maximum atomic E-state index is 11.4. The van der Waals surface area contributed by atoms with Gasteiger partial charge in [-0.1, -0.05) is 6.07 Å². The van der Waals surface area contributed by atoms with Gasteiger partial charge in [-0.25, -0.2) is 13.6 Å². The zero-order valence-corrected chi connectivity index (χ0v) is 13.7. The lowest BCUT2D eigenvalue weighted by atomic mass is 10.2. The molecule has 124 valence electrons. The number of primary sulfonamides is 1. The molecule has 0 aliphatic heterocycles. The molecular formula is C16H16N4O3S. The Labute approximate surface area is 139 Å². The first-order chi connectivity index (χ1) is 11.5. The first-order valence-electron chi connectivity index (χ1n) is 7.05. The number of H-pyrrole nitrogens is 1. The molecule has 0 unspecified atom stereocenters. The summed E-state index contributed by atoms with van der Waals surface area (Å²) < 4.78 is 28.1. The van der Waals surface area contributed by atoms with Crippen molar-refractivity contribution in [1.29, 1.82) is 0 Å². The van der Waals surface area contributed by atoms with E-state index in [2.05, 4.69) is 10.2 Å². The minimum Gasteiger partial charge on any atom is -0.497 e. The summed E-state index contributed by atoms with van der Waals surface area (Å²) in [5.74, 6) is 1.43. The summed E-state index contributed by atoms with van der Waals surface area (Å²) >= 11 is 0. The molecule has 2 aromatic carbocycles. The Kier molecular flexibility index (Phi) is 4.24. The van der Waals surface area contributed by atoms with Crippen molar-refractivity contribution in [1.82, 2.24) is 10.2 Å². The van der Waals surface area contributed by atoms with Crippen LogP contribution in [0.5, 0.6) is 5.75 Å². The molecule has 0 saturated heterocycles. The number of sulfonamides is 1. The van der Waals surface area contributed by atoms with Crippen LogP contribution in [-0.2, 0) is 10.0 Å². The Bertz CT molecular complexity index is 922. The minimum absolute atomic E-state index is 0.0569. The van der Waals surface area contributed by atoms with Crippen molar-refractivity contribution in [3.63, 3.8) is 0 Å². The zero-order valence-electron chi connectivity index (χ0n) is 12.9. The van der Waals surface area contributed by atoms with E-state index in [4.69, 9.17) is 9.88 Å². The van der Waals surface area contributed by atoms with Crippen LogP contribution in [0.2, 0.25) is 0 Å². The van der Waals surface area contributed by atoms with Gasteiger partial charge < -0.3 is 4.74 Å². The molecule has 0 fully saturated rings. The summed E-state index contributed by atoms with van der Waals surface area (Å²) in [4.78, 5) is 1.95. The molecule has 0 amide bonds. The Morgan fingerprint density at radius 2 is 1.83 bits per heavy atom. The molecule has 3 N–H and O–H groups in total. The SMILES string of the molecule is COc1cccc(N(c2ccc(S(N)(=O)=O)cc2)c2ccn[nH]2)c1. The fourth-order valence-corrected chi connectivity index (χ4v) is 2.85. The Balaban J connectivity index is 2.09. The lowest BCUT2D eigenvalue weighted by Crippen LogP contribution is -2.13. The van der Waals surface area contributed by atoms with E-state index >= 15 is 0 Å². The number of aromatic amines is 1. The van der Waals surface area contributed by atoms with Gasteiger partial charge in [0.15, 0.2) is 0 Å². The Morgan fingerprint density at radius 1 is 1.08 bits per heavy atom. The highest BCUT2D eigenvalue weighted by atomic mass is 32.2. The molecule has 0 aliphatic carbocycles. The summed E-state index contributed by atoms with van der Waals surface area (Å²) in [6.45, 7) is 0. The van der Waals surface area contributed by atoms with Gasteiger partial charge in [0.2, 0.25) is 10.0 Å². The fraction of sp³-hybridized carbons (Fsp3) is 0.0625. The summed E-state index contributed by atoms with van der Waals surface area (Å²) in [5.41, 5.74) is 1.59. The quantitative estimate of drug-likeness (QED) is 0.740. The van der Waals surface area contributed by atoms with Crippen LogP contribution in [0.3, 0.4) is 0 Å². The first-order valence-corrected chi connectivity index (χ1v) is 8.60. The molecule has 0 saturated carbocycles. The van der Waals surface area contributed by atoms with E-state index < -0.39 is 10.0 Å². The molecule has 0 bridgehead atoms. The van der Waals surface area contributed by atoms with E-state index in [1.165, 1.54) is 12.1 Å². The zero-order chi connectivity index (χ0) is 17.2. The lowest BCUT2D eigenvalue weighted by molar-refractivity contribution is 0.415. The number of anilines is 3. The predicted molar refractivity (Wildman–Crippen MR) is 91.2 cm³/mol. The molecule has 0 atom stereocenters. The summed E-state index contributed by atoms with van der Waals surface area (Å²) in [6.07, 6.45) is 1.64. The van der Waals surface area contributed by atoms with Crippen molar-refractivity contribution in [3.8, 4) is 5.75 Å². The van der Waals surface area contributed by atoms with Gasteiger partial charge in [-0.15, -0.1) is 0 Å². The highest BCUT2D eigenvalue weighted by Gasteiger charge is 2.15. The third-order valence-corrected chi connectivity index (χ3v) is 4.39. The third kappa shape index (κ3) is 3.24. The molecule has 24 heavy (non-hydrogen) atoms. The van der Waals surface area contributed by atoms with Crippen LogP contribution in [0.15, 0.2) is 65.7 Å². The van der Waals surface area contributed by atoms with Crippen LogP contribution in [0, 0.1) is 0 Å². The molecule has 0 spiro atoms. The molecule has 0 aliphatic rings. The summed E-state index contributed by atoms with van der Waals surface area (Å²) in [6, 6.07) is 15.6. The standard InChI is InChI=1S/C16H16N4O3S/c1-23-14-4-2-3-13(11-14)20(16-9-10-18-19-16)12-5-7-15(8-6-12)24(17,21)22/h2-11H,1H3,(H,18,19)(H2,17,21,22). The first kappa shape index (κ1) is 16.0. The van der Waals surface area contributed by atoms with Crippen molar-refractivity contribution in [2.45, 2.75) is 4.90 Å². The van der Waals surface area contributed by atoms with Gasteiger partial charge in [0.25, 0.3) is 0 Å². The second-order valence-electron chi connectivity index (χ2n) is 5.02. The Hall–Kier alpha value is -2.84. The molecule has 8 heteroatoms. The molecule has 0 radical (unpaired) electrons. The highest BCUT2D eigenvalue weighted by Crippen LogP contribution is 2.34. The second kappa shape index (κ2) is 6.34. The van der Waals surface area contributed by atoms with Crippen molar-refractivity contribution in [3.05, 3.63) is 60.8 Å². The normalized spacial score (nSPS) is 11.2. The number of ether oxygens (including phenoxy) is 1. The number of benzene rings is 2. The van der Waals surface area contributed by atoms with Gasteiger partial charge in [-0.2, -0.15) is 5.10 Å². The lowest BCUT2D eigenvalue weighted by Gasteiger charge is -2.23. The van der Waals surface area contributed by atoms with Crippen molar-refractivity contribution >= 4 is 27.2 Å². The largest absolute Gasteiger partial charge is 0.497 e. The van der Waals surface area contributed by atoms with Gasteiger partial charge in [0.05, 0.1) is 23.9 Å². The number of hydrogen-bond acceptors (Lipinski definition) is 5. The van der Waals surface area contributed by atoms with Crippen LogP contribution in [0.4, 0.5) is 17.2 Å². The average molecular weight is 344 g/mol. The summed E-state index contributed by atoms with van der Waals surface area (Å²) in [5, 5.41) is 12.0. The van der Waals surface area contributed by atoms with E-state index in [9.17, 15) is 8.42 Å². The monoisotopic (exact) mass is 344 g/mol. The number of nitrogens with two attached hydrogens (primary N) is 1. The summed E-state index contributed by atoms with van der Waals surface area (Å²) in [7, 11) is -2.14. The van der Waals surface area contributed by atoms with Gasteiger partial charge in [-0.3, -0.25) is 10.00 Å². The van der Waals surface area contributed by atoms with Crippen LogP contribution in [-0.4, -0.2) is 25.7 Å². The van der Waals surface area contributed by atoms with Crippen molar-refractivity contribution in [2.24, 2.45) is 5.14 Å². The molecule has 1 heterocycles. The van der Waals surface area contributed by atoms with Gasteiger partial charge in [0.1, 0.15) is 11.6 Å². The highest BCUT2D eigenvalue weighted by molar-refractivity contribution is 7.89. The van der Waals surface area contributed by atoms with Crippen LogP contribution in [0.1, 0.15) is 0 Å². The molecule has 3 aromatic rings. The number of hydrogen-bond donors (Lipinski definition) is 2. The van der Waals surface area contributed by atoms with E-state index in [1.54, 1.807) is 25.4 Å². The van der Waals surface area contributed by atoms with Crippen molar-refractivity contribution < 1.29 is 13.2 Å². The smallest absolute Gasteiger partial charge is 0.238 e. The number of nitrogens with one attached hydrogen (secondary N) is 1. The Morgan fingerprint density at radius 3 is 2.42 bits per heavy atom. The van der Waals surface area contributed by atoms with Crippen molar-refractivity contribution in [2.75, 3.05) is 12.0 Å². The van der Waals surface area contributed by atoms with E-state index in [-0.39, 0.29) is 4.90 Å². The van der Waals surface area contributed by atoms with E-state index in [0.717, 1.165) is 17.2 Å². The predicted octanol–water partition coefficient (Wildman–Crippen LogP) is 2.54. The van der Waals surface area contributed by atoms with Gasteiger partial charge in [0, 0.05) is 17.8 Å². The number of methoxy groups -OCH3 is 1. The molecular weight excluding hydrogens is 328 g/mol. The average Bonchev–Trinajstić information content (AvgIpc) is 3.09. The van der Waals surface area contributed by atoms with Gasteiger partial charge in [-0.05, 0) is 36.4 Å². The second-order valence-corrected chi connectivity index (χ2v) is 6.58. The van der Waals surface area contributed by atoms with E-state index in [0.29, 0.717) is 5.75 Å². The van der Waals surface area contributed by atoms with Crippen LogP contribution >= 0.6 is 0 Å². The third-order valence-electron chi connectivity index (χ3n) is 3.46. The number of aromatic nitrogens is 2. The molecule has 3 rings (SSSR count). The topological polar surface area (TPSA) is 101 Å². The maximum Gasteiger partial charge on any atom is 0.238 e.